The number of anilines is 2. The molecule has 3 aromatic rings. The van der Waals surface area contributed by atoms with Gasteiger partial charge in [-0.3, -0.25) is 4.79 Å². The number of nitrogens with zero attached hydrogens (tertiary/aromatic N) is 4. The predicted molar refractivity (Wildman–Crippen MR) is 131 cm³/mol. The van der Waals surface area contributed by atoms with E-state index in [4.69, 9.17) is 0 Å². The van der Waals surface area contributed by atoms with Crippen LogP contribution in [0, 0.1) is 5.95 Å². The maximum Gasteiger partial charge on any atom is 0.281 e. The molecule has 10 heteroatoms. The Hall–Kier alpha value is -3.63. The summed E-state index contributed by atoms with van der Waals surface area (Å²) in [5, 5.41) is 7.11. The van der Waals surface area contributed by atoms with Crippen molar-refractivity contribution in [2.45, 2.75) is 18.8 Å². The van der Waals surface area contributed by atoms with Crippen molar-refractivity contribution in [2.24, 2.45) is 0 Å². The van der Waals surface area contributed by atoms with Crippen LogP contribution in [0.15, 0.2) is 54.9 Å². The Bertz CT molecular complexity index is 1400. The van der Waals surface area contributed by atoms with Gasteiger partial charge in [-0.25, -0.2) is 28.0 Å². The minimum absolute atomic E-state index is 0.285. The minimum atomic E-state index is -3.16. The molecule has 0 spiro atoms. The lowest BCUT2D eigenvalue weighted by Crippen LogP contribution is -2.37. The highest BCUT2D eigenvalue weighted by Crippen LogP contribution is 2.32. The highest BCUT2D eigenvalue weighted by atomic mass is 32.2. The highest BCUT2D eigenvalue weighted by Gasteiger charge is 2.26. The van der Waals surface area contributed by atoms with Gasteiger partial charge in [-0.15, -0.1) is 0 Å². The van der Waals surface area contributed by atoms with Gasteiger partial charge in [0.05, 0.1) is 17.5 Å². The molecular weight excluding hydrogens is 469 g/mol. The fraction of sp³-hybridized carbons (Fsp3) is 0.240. The molecule has 1 saturated heterocycles. The molecule has 1 aromatic carbocycles. The van der Waals surface area contributed by atoms with Crippen LogP contribution in [0.2, 0.25) is 0 Å². The van der Waals surface area contributed by atoms with Crippen molar-refractivity contribution < 1.29 is 17.6 Å². The van der Waals surface area contributed by atoms with Crippen LogP contribution in [0.1, 0.15) is 40.2 Å². The first-order valence-corrected chi connectivity index (χ1v) is 13.0. The molecule has 0 unspecified atom stereocenters. The fourth-order valence-electron chi connectivity index (χ4n) is 4.43. The third-order valence-corrected chi connectivity index (χ3v) is 7.60. The Morgan fingerprint density at radius 3 is 2.49 bits per heavy atom. The Morgan fingerprint density at radius 2 is 1.83 bits per heavy atom. The molecule has 0 atom stereocenters. The fourth-order valence-corrected chi connectivity index (χ4v) is 5.31. The molecular formula is C25H23FN5O3S. The molecule has 0 aliphatic carbocycles. The molecule has 0 saturated carbocycles. The summed E-state index contributed by atoms with van der Waals surface area (Å²) in [5.41, 5.74) is 4.08. The van der Waals surface area contributed by atoms with E-state index in [1.54, 1.807) is 18.2 Å². The van der Waals surface area contributed by atoms with Crippen LogP contribution in [0.5, 0.6) is 0 Å². The van der Waals surface area contributed by atoms with Crippen LogP contribution in [-0.4, -0.2) is 47.9 Å². The minimum Gasteiger partial charge on any atom is -0.340 e. The molecule has 1 radical (unpaired) electrons. The summed E-state index contributed by atoms with van der Waals surface area (Å²) in [7, 11) is -3.16. The smallest absolute Gasteiger partial charge is 0.281 e. The second kappa shape index (κ2) is 9.20. The first-order valence-electron chi connectivity index (χ1n) is 11.2. The Kier molecular flexibility index (Phi) is 6.08. The summed E-state index contributed by atoms with van der Waals surface area (Å²) >= 11 is 0. The summed E-state index contributed by atoms with van der Waals surface area (Å²) in [6, 6.07) is 12.5. The maximum atomic E-state index is 13.3. The number of rotatable bonds is 5. The zero-order chi connectivity index (χ0) is 24.6. The molecule has 2 aromatic heterocycles. The van der Waals surface area contributed by atoms with Crippen molar-refractivity contribution >= 4 is 33.5 Å². The number of piperidine rings is 1. The van der Waals surface area contributed by atoms with Gasteiger partial charge in [0.1, 0.15) is 5.82 Å². The standard InChI is InChI=1S/C25H23FN5O3S/c1-35(33,34)31-12-9-17(10-13-31)16-2-5-20(6-3-16)29-24-23-18(8-11-27-25(23)32)14-21(30-24)19-4-7-22(26)28-15-19/h2-8,11,14-15,17H,9-10,12-13H2,1H3,(H,29,30). The third kappa shape index (κ3) is 4.94. The summed E-state index contributed by atoms with van der Waals surface area (Å²) < 4.78 is 38.3. The van der Waals surface area contributed by atoms with Gasteiger partial charge in [-0.1, -0.05) is 12.1 Å². The highest BCUT2D eigenvalue weighted by molar-refractivity contribution is 7.88. The molecule has 2 aliphatic heterocycles. The Balaban J connectivity index is 1.40. The first-order chi connectivity index (χ1) is 16.8. The van der Waals surface area contributed by atoms with E-state index in [0.717, 1.165) is 24.1 Å². The number of fused-ring (bicyclic) bond motifs is 1. The van der Waals surface area contributed by atoms with Crippen LogP contribution in [0.25, 0.3) is 17.3 Å². The molecule has 2 aliphatic rings. The normalized spacial score (nSPS) is 16.6. The number of carbonyl (C=O) groups excluding carboxylic acids is 1. The molecule has 35 heavy (non-hydrogen) atoms. The lowest BCUT2D eigenvalue weighted by molar-refractivity contribution is 0.0965. The molecule has 179 valence electrons. The molecule has 4 heterocycles. The van der Waals surface area contributed by atoms with Crippen LogP contribution in [-0.2, 0) is 10.0 Å². The number of aromatic nitrogens is 2. The van der Waals surface area contributed by atoms with Gasteiger partial charge in [-0.05, 0) is 66.3 Å². The van der Waals surface area contributed by atoms with Gasteiger partial charge >= 0.3 is 0 Å². The van der Waals surface area contributed by atoms with Crippen molar-refractivity contribution in [3.05, 3.63) is 77.5 Å². The number of hydrogen-bond acceptors (Lipinski definition) is 6. The maximum absolute atomic E-state index is 13.3. The average molecular weight is 493 g/mol. The summed E-state index contributed by atoms with van der Waals surface area (Å²) in [5.74, 6) is -0.335. The van der Waals surface area contributed by atoms with Crippen molar-refractivity contribution in [3.63, 3.8) is 0 Å². The number of benzene rings is 1. The molecule has 1 N–H and O–H groups in total. The van der Waals surface area contributed by atoms with Gasteiger partial charge in [0.15, 0.2) is 0 Å². The summed E-state index contributed by atoms with van der Waals surface area (Å²) in [6.07, 6.45) is 7.36. The number of pyridine rings is 2. The quantitative estimate of drug-likeness (QED) is 0.542. The molecule has 1 amide bonds. The number of amides is 1. The largest absolute Gasteiger partial charge is 0.340 e. The summed E-state index contributed by atoms with van der Waals surface area (Å²) in [4.78, 5) is 20.9. The van der Waals surface area contributed by atoms with Crippen molar-refractivity contribution in [3.8, 4) is 11.3 Å². The van der Waals surface area contributed by atoms with E-state index in [1.807, 2.05) is 24.3 Å². The van der Waals surface area contributed by atoms with Crippen molar-refractivity contribution in [2.75, 3.05) is 24.7 Å². The molecule has 1 fully saturated rings. The van der Waals surface area contributed by atoms with Crippen molar-refractivity contribution in [1.82, 2.24) is 19.6 Å². The van der Waals surface area contributed by atoms with Crippen molar-refractivity contribution in [1.29, 1.82) is 0 Å². The van der Waals surface area contributed by atoms with Crippen LogP contribution in [0.4, 0.5) is 15.9 Å². The van der Waals surface area contributed by atoms with E-state index in [0.29, 0.717) is 41.3 Å². The van der Waals surface area contributed by atoms with Gasteiger partial charge in [-0.2, -0.15) is 4.39 Å². The second-order valence-electron chi connectivity index (χ2n) is 8.62. The number of halogens is 1. The Labute approximate surface area is 203 Å². The SMILES string of the molecule is CS(=O)(=O)N1CCC(c2ccc(Nc3nc(-c4ccc(F)nc4)cc4c3C(=O)[N]C=C4)cc2)CC1. The lowest BCUT2D eigenvalue weighted by Gasteiger charge is -2.30. The third-order valence-electron chi connectivity index (χ3n) is 6.30. The number of carbonyl (C=O) groups is 1. The number of hydrogen-bond donors (Lipinski definition) is 1. The molecule has 8 nitrogen and oxygen atoms in total. The van der Waals surface area contributed by atoms with Gasteiger partial charge in [0, 0.05) is 36.7 Å². The van der Waals surface area contributed by atoms with Crippen LogP contribution < -0.4 is 10.6 Å². The zero-order valence-corrected chi connectivity index (χ0v) is 19.8. The van der Waals surface area contributed by atoms with E-state index in [1.165, 1.54) is 29.0 Å². The number of sulfonamides is 1. The number of nitrogens with one attached hydrogen (secondary N) is 1. The van der Waals surface area contributed by atoms with E-state index in [9.17, 15) is 17.6 Å². The summed E-state index contributed by atoms with van der Waals surface area (Å²) in [6.45, 7) is 1.04. The van der Waals surface area contributed by atoms with E-state index >= 15 is 0 Å². The average Bonchev–Trinajstić information content (AvgIpc) is 2.84. The van der Waals surface area contributed by atoms with E-state index in [2.05, 4.69) is 20.6 Å². The topological polar surface area (TPSA) is 106 Å². The lowest BCUT2D eigenvalue weighted by atomic mass is 9.90. The molecule has 0 bridgehead atoms. The molecule has 5 rings (SSSR count). The second-order valence-corrected chi connectivity index (χ2v) is 10.6. The van der Waals surface area contributed by atoms with Gasteiger partial charge in [0.2, 0.25) is 16.0 Å². The predicted octanol–water partition coefficient (Wildman–Crippen LogP) is 3.89. The Morgan fingerprint density at radius 1 is 1.09 bits per heavy atom. The monoisotopic (exact) mass is 492 g/mol. The van der Waals surface area contributed by atoms with Crippen LogP contribution in [0.3, 0.4) is 0 Å². The first kappa shape index (κ1) is 23.1. The zero-order valence-electron chi connectivity index (χ0n) is 19.0. The van der Waals surface area contributed by atoms with Gasteiger partial charge < -0.3 is 5.32 Å². The van der Waals surface area contributed by atoms with E-state index < -0.39 is 21.9 Å². The van der Waals surface area contributed by atoms with E-state index in [-0.39, 0.29) is 5.92 Å². The van der Waals surface area contributed by atoms with Gasteiger partial charge in [0.25, 0.3) is 5.91 Å². The van der Waals surface area contributed by atoms with Crippen LogP contribution >= 0.6 is 0 Å².